The van der Waals surface area contributed by atoms with Gasteiger partial charge in [-0.3, -0.25) is 14.9 Å². The molecule has 0 aliphatic rings. The summed E-state index contributed by atoms with van der Waals surface area (Å²) >= 11 is 7.32. The highest BCUT2D eigenvalue weighted by atomic mass is 35.5. The summed E-state index contributed by atoms with van der Waals surface area (Å²) in [4.78, 5) is 25.4. The summed E-state index contributed by atoms with van der Waals surface area (Å²) in [6.45, 7) is 2.88. The fourth-order valence-electron chi connectivity index (χ4n) is 2.03. The Morgan fingerprint density at radius 1 is 1.35 bits per heavy atom. The summed E-state index contributed by atoms with van der Waals surface area (Å²) < 4.78 is 0.680. The molecule has 1 aromatic heterocycles. The Morgan fingerprint density at radius 3 is 2.70 bits per heavy atom. The van der Waals surface area contributed by atoms with E-state index in [0.717, 1.165) is 4.88 Å². The smallest absolute Gasteiger partial charge is 0.276 e. The summed E-state index contributed by atoms with van der Waals surface area (Å²) in [6, 6.07) is 9.99. The highest BCUT2D eigenvalue weighted by molar-refractivity contribution is 7.16. The Kier molecular flexibility index (Phi) is 5.90. The third-order valence-corrected chi connectivity index (χ3v) is 4.42. The number of carbonyl (C=O) groups is 1. The SMILES string of the molecule is CCN(Cc1ccc(Cl)s1)C(=O)C=Cc1ccccc1[N+](=O)[O-]. The minimum Gasteiger partial charge on any atom is -0.334 e. The molecule has 0 aliphatic carbocycles. The predicted octanol–water partition coefficient (Wildman–Crippen LogP) is 4.37. The number of carbonyl (C=O) groups excluding carboxylic acids is 1. The maximum absolute atomic E-state index is 12.3. The first-order valence-corrected chi connectivity index (χ1v) is 8.15. The predicted molar refractivity (Wildman–Crippen MR) is 92.6 cm³/mol. The number of hydrogen-bond donors (Lipinski definition) is 0. The summed E-state index contributed by atoms with van der Waals surface area (Å²) in [5.74, 6) is -0.199. The lowest BCUT2D eigenvalue weighted by Gasteiger charge is -2.18. The van der Waals surface area contributed by atoms with Crippen molar-refractivity contribution in [1.82, 2.24) is 4.90 Å². The molecule has 1 heterocycles. The molecule has 1 aromatic carbocycles. The normalized spacial score (nSPS) is 10.9. The lowest BCUT2D eigenvalue weighted by molar-refractivity contribution is -0.385. The molecule has 0 saturated carbocycles. The number of nitrogens with zero attached hydrogens (tertiary/aromatic N) is 2. The van der Waals surface area contributed by atoms with E-state index >= 15 is 0 Å². The van der Waals surface area contributed by atoms with Gasteiger partial charge in [-0.15, -0.1) is 11.3 Å². The van der Waals surface area contributed by atoms with E-state index in [2.05, 4.69) is 0 Å². The second-order valence-corrected chi connectivity index (χ2v) is 6.51. The van der Waals surface area contributed by atoms with E-state index in [9.17, 15) is 14.9 Å². The number of hydrogen-bond acceptors (Lipinski definition) is 4. The van der Waals surface area contributed by atoms with Crippen molar-refractivity contribution >= 4 is 40.6 Å². The van der Waals surface area contributed by atoms with Gasteiger partial charge in [0.15, 0.2) is 0 Å². The molecule has 23 heavy (non-hydrogen) atoms. The van der Waals surface area contributed by atoms with E-state index in [0.29, 0.717) is 23.0 Å². The van der Waals surface area contributed by atoms with E-state index in [1.807, 2.05) is 13.0 Å². The molecule has 0 unspecified atom stereocenters. The minimum atomic E-state index is -0.463. The summed E-state index contributed by atoms with van der Waals surface area (Å²) in [5.41, 5.74) is 0.380. The van der Waals surface area contributed by atoms with Gasteiger partial charge in [-0.2, -0.15) is 0 Å². The van der Waals surface area contributed by atoms with Crippen LogP contribution in [0.4, 0.5) is 5.69 Å². The summed E-state index contributed by atoms with van der Waals surface area (Å²) in [5, 5.41) is 11.0. The van der Waals surface area contributed by atoms with Crippen molar-refractivity contribution in [2.45, 2.75) is 13.5 Å². The second kappa shape index (κ2) is 7.89. The lowest BCUT2D eigenvalue weighted by atomic mass is 10.1. The molecule has 7 heteroatoms. The fraction of sp³-hybridized carbons (Fsp3) is 0.188. The van der Waals surface area contributed by atoms with E-state index in [1.165, 1.54) is 29.6 Å². The van der Waals surface area contributed by atoms with Crippen LogP contribution in [-0.4, -0.2) is 22.3 Å². The highest BCUT2D eigenvalue weighted by Crippen LogP contribution is 2.23. The van der Waals surface area contributed by atoms with Crippen LogP contribution in [0.15, 0.2) is 42.5 Å². The first-order valence-electron chi connectivity index (χ1n) is 6.96. The molecule has 0 radical (unpaired) electrons. The quantitative estimate of drug-likeness (QED) is 0.441. The van der Waals surface area contributed by atoms with E-state index in [-0.39, 0.29) is 11.6 Å². The zero-order valence-electron chi connectivity index (χ0n) is 12.4. The summed E-state index contributed by atoms with van der Waals surface area (Å²) in [7, 11) is 0. The van der Waals surface area contributed by atoms with Crippen molar-refractivity contribution in [3.05, 3.63) is 67.4 Å². The number of halogens is 1. The Bertz CT molecular complexity index is 742. The van der Waals surface area contributed by atoms with Gasteiger partial charge in [0, 0.05) is 23.6 Å². The first-order chi connectivity index (χ1) is 11.0. The van der Waals surface area contributed by atoms with Gasteiger partial charge < -0.3 is 4.90 Å². The molecular formula is C16H15ClN2O3S. The molecule has 0 spiro atoms. The van der Waals surface area contributed by atoms with E-state index < -0.39 is 4.92 Å². The van der Waals surface area contributed by atoms with Crippen LogP contribution in [0.5, 0.6) is 0 Å². The number of likely N-dealkylation sites (N-methyl/N-ethyl adjacent to an activating group) is 1. The Hall–Kier alpha value is -2.18. The Morgan fingerprint density at radius 2 is 2.09 bits per heavy atom. The van der Waals surface area contributed by atoms with Crippen LogP contribution >= 0.6 is 22.9 Å². The van der Waals surface area contributed by atoms with E-state index in [4.69, 9.17) is 11.6 Å². The van der Waals surface area contributed by atoms with Crippen LogP contribution in [0, 0.1) is 10.1 Å². The van der Waals surface area contributed by atoms with E-state index in [1.54, 1.807) is 29.2 Å². The number of nitro benzene ring substituents is 1. The number of nitro groups is 1. The number of benzene rings is 1. The standard InChI is InChI=1S/C16H15ClN2O3S/c1-2-18(11-13-8-9-15(17)23-13)16(20)10-7-12-5-3-4-6-14(12)19(21)22/h3-10H,2,11H2,1H3. The zero-order valence-corrected chi connectivity index (χ0v) is 14.0. The van der Waals surface area contributed by atoms with Crippen LogP contribution in [0.1, 0.15) is 17.4 Å². The number of rotatable bonds is 6. The Labute approximate surface area is 143 Å². The van der Waals surface area contributed by atoms with Crippen LogP contribution in [0.3, 0.4) is 0 Å². The first kappa shape index (κ1) is 17.2. The molecule has 2 rings (SSSR count). The molecule has 0 bridgehead atoms. The molecule has 1 amide bonds. The molecule has 2 aromatic rings. The van der Waals surface area contributed by atoms with Gasteiger partial charge >= 0.3 is 0 Å². The average Bonchev–Trinajstić information content (AvgIpc) is 2.95. The molecule has 120 valence electrons. The largest absolute Gasteiger partial charge is 0.334 e. The third-order valence-electron chi connectivity index (χ3n) is 3.21. The zero-order chi connectivity index (χ0) is 16.8. The van der Waals surface area contributed by atoms with Gasteiger partial charge in [-0.05, 0) is 31.2 Å². The molecule has 0 aliphatic heterocycles. The van der Waals surface area contributed by atoms with Crippen LogP contribution in [-0.2, 0) is 11.3 Å². The van der Waals surface area contributed by atoms with Crippen LogP contribution in [0.25, 0.3) is 6.08 Å². The van der Waals surface area contributed by atoms with Gasteiger partial charge in [0.25, 0.3) is 5.69 Å². The number of thiophene rings is 1. The summed E-state index contributed by atoms with van der Waals surface area (Å²) in [6.07, 6.45) is 2.84. The molecule has 0 N–H and O–H groups in total. The third kappa shape index (κ3) is 4.64. The average molecular weight is 351 g/mol. The monoisotopic (exact) mass is 350 g/mol. The lowest BCUT2D eigenvalue weighted by Crippen LogP contribution is -2.28. The van der Waals surface area contributed by atoms with Crippen molar-refractivity contribution in [3.63, 3.8) is 0 Å². The highest BCUT2D eigenvalue weighted by Gasteiger charge is 2.13. The number of para-hydroxylation sites is 1. The van der Waals surface area contributed by atoms with Crippen LogP contribution in [0.2, 0.25) is 4.34 Å². The van der Waals surface area contributed by atoms with Crippen LogP contribution < -0.4 is 0 Å². The van der Waals surface area contributed by atoms with Gasteiger partial charge in [0.2, 0.25) is 5.91 Å². The minimum absolute atomic E-state index is 0.0235. The molecule has 5 nitrogen and oxygen atoms in total. The molecule has 0 fully saturated rings. The van der Waals surface area contributed by atoms with Crippen molar-refractivity contribution in [2.24, 2.45) is 0 Å². The fourth-order valence-corrected chi connectivity index (χ4v) is 3.13. The van der Waals surface area contributed by atoms with Crippen molar-refractivity contribution in [2.75, 3.05) is 6.54 Å². The van der Waals surface area contributed by atoms with Gasteiger partial charge in [0.1, 0.15) is 0 Å². The number of amides is 1. The topological polar surface area (TPSA) is 63.5 Å². The van der Waals surface area contributed by atoms with Crippen molar-refractivity contribution in [3.8, 4) is 0 Å². The molecular weight excluding hydrogens is 336 g/mol. The van der Waals surface area contributed by atoms with Gasteiger partial charge in [0.05, 0.1) is 21.4 Å². The van der Waals surface area contributed by atoms with Gasteiger partial charge in [-0.1, -0.05) is 23.7 Å². The maximum atomic E-state index is 12.3. The molecule has 0 saturated heterocycles. The Balaban J connectivity index is 2.11. The second-order valence-electron chi connectivity index (χ2n) is 4.71. The van der Waals surface area contributed by atoms with Crippen molar-refractivity contribution in [1.29, 1.82) is 0 Å². The van der Waals surface area contributed by atoms with Gasteiger partial charge in [-0.25, -0.2) is 0 Å². The maximum Gasteiger partial charge on any atom is 0.276 e. The molecule has 0 atom stereocenters. The van der Waals surface area contributed by atoms with Crippen molar-refractivity contribution < 1.29 is 9.72 Å².